The molecule has 1 amide bonds. The van der Waals surface area contributed by atoms with Crippen LogP contribution in [0.1, 0.15) is 31.2 Å². The summed E-state index contributed by atoms with van der Waals surface area (Å²) in [6.45, 7) is 1.48. The van der Waals surface area contributed by atoms with Crippen LogP contribution in [0.25, 0.3) is 10.9 Å². The van der Waals surface area contributed by atoms with Crippen molar-refractivity contribution in [1.82, 2.24) is 9.88 Å². The number of pyridine rings is 1. The smallest absolute Gasteiger partial charge is 0.222 e. The van der Waals surface area contributed by atoms with E-state index in [-0.39, 0.29) is 5.91 Å². The molecule has 2 heterocycles. The summed E-state index contributed by atoms with van der Waals surface area (Å²) in [5.41, 5.74) is 8.71. The Kier molecular flexibility index (Phi) is 3.54. The van der Waals surface area contributed by atoms with Gasteiger partial charge in [0.2, 0.25) is 5.91 Å². The Hall–Kier alpha value is -2.10. The van der Waals surface area contributed by atoms with Crippen molar-refractivity contribution in [3.63, 3.8) is 0 Å². The van der Waals surface area contributed by atoms with Crippen LogP contribution in [-0.2, 0) is 11.3 Å². The van der Waals surface area contributed by atoms with Crippen LogP contribution in [0.2, 0.25) is 0 Å². The standard InChI is InChI=1S/C16H19N3O/c17-14-8-7-12(16-13(14)5-4-9-18-16)11-19-10-3-1-2-6-15(19)20/h4-5,7-9H,1-3,6,10-11,17H2. The van der Waals surface area contributed by atoms with Crippen molar-refractivity contribution in [2.75, 3.05) is 12.3 Å². The highest BCUT2D eigenvalue weighted by atomic mass is 16.2. The van der Waals surface area contributed by atoms with Crippen LogP contribution >= 0.6 is 0 Å². The van der Waals surface area contributed by atoms with Crippen molar-refractivity contribution in [1.29, 1.82) is 0 Å². The predicted octanol–water partition coefficient (Wildman–Crippen LogP) is 2.72. The van der Waals surface area contributed by atoms with Gasteiger partial charge in [-0.25, -0.2) is 0 Å². The third-order valence-electron chi connectivity index (χ3n) is 3.92. The van der Waals surface area contributed by atoms with E-state index >= 15 is 0 Å². The lowest BCUT2D eigenvalue weighted by molar-refractivity contribution is -0.131. The highest BCUT2D eigenvalue weighted by molar-refractivity contribution is 5.92. The van der Waals surface area contributed by atoms with Gasteiger partial charge in [-0.3, -0.25) is 9.78 Å². The average Bonchev–Trinajstić information content (AvgIpc) is 2.67. The number of likely N-dealkylation sites (tertiary alicyclic amines) is 1. The van der Waals surface area contributed by atoms with Gasteiger partial charge in [-0.2, -0.15) is 0 Å². The van der Waals surface area contributed by atoms with Gasteiger partial charge >= 0.3 is 0 Å². The number of hydrogen-bond donors (Lipinski definition) is 1. The molecule has 1 aromatic carbocycles. The Balaban J connectivity index is 1.94. The van der Waals surface area contributed by atoms with E-state index in [2.05, 4.69) is 4.98 Å². The van der Waals surface area contributed by atoms with Gasteiger partial charge in [0.1, 0.15) is 0 Å². The summed E-state index contributed by atoms with van der Waals surface area (Å²) in [5, 5.41) is 0.965. The summed E-state index contributed by atoms with van der Waals surface area (Å²) in [6.07, 6.45) is 5.68. The molecule has 1 saturated heterocycles. The van der Waals surface area contributed by atoms with E-state index in [0.717, 1.165) is 48.0 Å². The number of carbonyl (C=O) groups is 1. The first-order chi connectivity index (χ1) is 9.75. The molecule has 3 rings (SSSR count). The summed E-state index contributed by atoms with van der Waals surface area (Å²) >= 11 is 0. The number of anilines is 1. The molecular weight excluding hydrogens is 250 g/mol. The molecule has 0 radical (unpaired) electrons. The van der Waals surface area contributed by atoms with Crippen molar-refractivity contribution in [2.24, 2.45) is 0 Å². The predicted molar refractivity (Wildman–Crippen MR) is 80.0 cm³/mol. The number of hydrogen-bond acceptors (Lipinski definition) is 3. The lowest BCUT2D eigenvalue weighted by atomic mass is 10.1. The quantitative estimate of drug-likeness (QED) is 0.853. The van der Waals surface area contributed by atoms with E-state index in [1.807, 2.05) is 29.2 Å². The van der Waals surface area contributed by atoms with Gasteiger partial charge in [-0.15, -0.1) is 0 Å². The summed E-state index contributed by atoms with van der Waals surface area (Å²) in [5.74, 6) is 0.253. The van der Waals surface area contributed by atoms with Crippen molar-refractivity contribution < 1.29 is 4.79 Å². The maximum absolute atomic E-state index is 12.1. The van der Waals surface area contributed by atoms with Gasteiger partial charge in [0, 0.05) is 36.8 Å². The van der Waals surface area contributed by atoms with Gasteiger partial charge in [0.05, 0.1) is 5.52 Å². The van der Waals surface area contributed by atoms with E-state index in [9.17, 15) is 4.79 Å². The molecule has 4 nitrogen and oxygen atoms in total. The fourth-order valence-electron chi connectivity index (χ4n) is 2.79. The van der Waals surface area contributed by atoms with Crippen LogP contribution in [0.4, 0.5) is 5.69 Å². The number of amides is 1. The topological polar surface area (TPSA) is 59.2 Å². The molecule has 0 unspecified atom stereocenters. The summed E-state index contributed by atoms with van der Waals surface area (Å²) in [4.78, 5) is 18.5. The number of nitrogens with two attached hydrogens (primary N) is 1. The van der Waals surface area contributed by atoms with E-state index in [1.54, 1.807) is 6.20 Å². The van der Waals surface area contributed by atoms with Crippen molar-refractivity contribution in [3.05, 3.63) is 36.0 Å². The second-order valence-electron chi connectivity index (χ2n) is 5.34. The van der Waals surface area contributed by atoms with E-state index in [0.29, 0.717) is 13.0 Å². The maximum Gasteiger partial charge on any atom is 0.222 e. The third kappa shape index (κ3) is 2.46. The first-order valence-corrected chi connectivity index (χ1v) is 7.15. The monoisotopic (exact) mass is 269 g/mol. The lowest BCUT2D eigenvalue weighted by Crippen LogP contribution is -2.29. The number of rotatable bonds is 2. The van der Waals surface area contributed by atoms with Crippen LogP contribution in [-0.4, -0.2) is 22.3 Å². The van der Waals surface area contributed by atoms with Gasteiger partial charge in [-0.05, 0) is 36.6 Å². The van der Waals surface area contributed by atoms with Crippen LogP contribution in [0.5, 0.6) is 0 Å². The molecule has 0 saturated carbocycles. The Bertz CT molecular complexity index is 639. The second kappa shape index (κ2) is 5.49. The van der Waals surface area contributed by atoms with Crippen LogP contribution in [0.15, 0.2) is 30.5 Å². The van der Waals surface area contributed by atoms with E-state index in [1.165, 1.54) is 0 Å². The number of aromatic nitrogens is 1. The first kappa shape index (κ1) is 12.9. The van der Waals surface area contributed by atoms with Gasteiger partial charge < -0.3 is 10.6 Å². The molecule has 2 N–H and O–H groups in total. The molecule has 4 heteroatoms. The molecule has 1 aliphatic heterocycles. The zero-order chi connectivity index (χ0) is 13.9. The Morgan fingerprint density at radius 2 is 2.10 bits per heavy atom. The average molecular weight is 269 g/mol. The molecule has 1 aliphatic rings. The van der Waals surface area contributed by atoms with Crippen LogP contribution < -0.4 is 5.73 Å². The Morgan fingerprint density at radius 1 is 1.20 bits per heavy atom. The van der Waals surface area contributed by atoms with Crippen LogP contribution in [0.3, 0.4) is 0 Å². The summed E-state index contributed by atoms with van der Waals surface area (Å²) < 4.78 is 0. The Labute approximate surface area is 118 Å². The van der Waals surface area contributed by atoms with Crippen molar-refractivity contribution >= 4 is 22.5 Å². The number of carbonyl (C=O) groups excluding carboxylic acids is 1. The van der Waals surface area contributed by atoms with Gasteiger partial charge in [-0.1, -0.05) is 12.5 Å². The zero-order valence-electron chi connectivity index (χ0n) is 11.5. The normalized spacial score (nSPS) is 16.4. The zero-order valence-corrected chi connectivity index (χ0v) is 11.5. The Morgan fingerprint density at radius 3 is 3.00 bits per heavy atom. The molecule has 1 aromatic heterocycles. The number of nitrogen functional groups attached to an aromatic ring is 1. The summed E-state index contributed by atoms with van der Waals surface area (Å²) in [7, 11) is 0. The van der Waals surface area contributed by atoms with Crippen molar-refractivity contribution in [3.8, 4) is 0 Å². The molecule has 0 bridgehead atoms. The summed E-state index contributed by atoms with van der Waals surface area (Å²) in [6, 6.07) is 7.76. The molecular formula is C16H19N3O. The first-order valence-electron chi connectivity index (χ1n) is 7.15. The van der Waals surface area contributed by atoms with E-state index in [4.69, 9.17) is 5.73 Å². The minimum Gasteiger partial charge on any atom is -0.398 e. The molecule has 2 aromatic rings. The van der Waals surface area contributed by atoms with Gasteiger partial charge in [0.15, 0.2) is 0 Å². The maximum atomic E-state index is 12.1. The largest absolute Gasteiger partial charge is 0.398 e. The molecule has 20 heavy (non-hydrogen) atoms. The number of benzene rings is 1. The highest BCUT2D eigenvalue weighted by Gasteiger charge is 2.18. The number of fused-ring (bicyclic) bond motifs is 1. The number of nitrogens with zero attached hydrogens (tertiary/aromatic N) is 2. The lowest BCUT2D eigenvalue weighted by Gasteiger charge is -2.21. The second-order valence-corrected chi connectivity index (χ2v) is 5.34. The molecule has 0 atom stereocenters. The minimum atomic E-state index is 0.253. The van der Waals surface area contributed by atoms with Crippen LogP contribution in [0, 0.1) is 0 Å². The van der Waals surface area contributed by atoms with Gasteiger partial charge in [0.25, 0.3) is 0 Å². The fraction of sp³-hybridized carbons (Fsp3) is 0.375. The molecule has 0 aliphatic carbocycles. The third-order valence-corrected chi connectivity index (χ3v) is 3.92. The highest BCUT2D eigenvalue weighted by Crippen LogP contribution is 2.24. The van der Waals surface area contributed by atoms with Crippen molar-refractivity contribution in [2.45, 2.75) is 32.2 Å². The fourth-order valence-corrected chi connectivity index (χ4v) is 2.79. The minimum absolute atomic E-state index is 0.253. The molecule has 0 spiro atoms. The molecule has 104 valence electrons. The van der Waals surface area contributed by atoms with E-state index < -0.39 is 0 Å². The SMILES string of the molecule is Nc1ccc(CN2CCCCCC2=O)c2ncccc12. The molecule has 1 fully saturated rings.